The second-order valence-corrected chi connectivity index (χ2v) is 16.2. The van der Waals surface area contributed by atoms with Crippen LogP contribution >= 0.6 is 0 Å². The largest absolute Gasteiger partial charge is 0.216 e. The molecule has 1 heteroatoms. The third kappa shape index (κ3) is 16.8. The van der Waals surface area contributed by atoms with Crippen LogP contribution in [0.15, 0.2) is 199 Å². The van der Waals surface area contributed by atoms with Gasteiger partial charge in [0.15, 0.2) is 0 Å². The number of hydrogen-bond acceptors (Lipinski definition) is 0. The van der Waals surface area contributed by atoms with E-state index in [4.69, 9.17) is 0 Å². The molecule has 0 radical (unpaired) electrons. The van der Waals surface area contributed by atoms with Gasteiger partial charge in [0.2, 0.25) is 6.71 Å². The molecular formula is C65H83B. The number of benzene rings is 5. The average Bonchev–Trinajstić information content (AvgIpc) is 3.37. The van der Waals surface area contributed by atoms with Crippen molar-refractivity contribution in [1.29, 1.82) is 0 Å². The van der Waals surface area contributed by atoms with E-state index >= 15 is 0 Å². The first-order chi connectivity index (χ1) is 32.2. The number of allylic oxidation sites excluding steroid dienone is 13. The summed E-state index contributed by atoms with van der Waals surface area (Å²) in [4.78, 5) is 0. The van der Waals surface area contributed by atoms with Gasteiger partial charge in [0.1, 0.15) is 0 Å². The molecule has 0 amide bonds. The molecule has 2 atom stereocenters. The lowest BCUT2D eigenvalue weighted by atomic mass is 9.32. The second kappa shape index (κ2) is 31.9. The van der Waals surface area contributed by atoms with Gasteiger partial charge in [0.25, 0.3) is 0 Å². The molecule has 346 valence electrons. The van der Waals surface area contributed by atoms with E-state index in [0.29, 0.717) is 5.92 Å². The van der Waals surface area contributed by atoms with Crippen LogP contribution in [-0.4, -0.2) is 6.71 Å². The van der Waals surface area contributed by atoms with Crippen LogP contribution in [0.1, 0.15) is 149 Å². The molecule has 0 spiro atoms. The monoisotopic (exact) mass is 875 g/mol. The first-order valence-corrected chi connectivity index (χ1v) is 25.0. The molecule has 2 unspecified atom stereocenters. The maximum atomic E-state index is 4.19. The minimum absolute atomic E-state index is 0.132. The Bertz CT molecular complexity index is 2390. The van der Waals surface area contributed by atoms with Gasteiger partial charge in [-0.15, -0.1) is 0 Å². The molecule has 5 aromatic carbocycles. The molecule has 66 heavy (non-hydrogen) atoms. The quantitative estimate of drug-likeness (QED) is 0.0592. The molecular weight excluding hydrogens is 792 g/mol. The molecule has 0 bridgehead atoms. The maximum Gasteiger partial charge on any atom is 0.216 e. The van der Waals surface area contributed by atoms with Crippen LogP contribution in [0.25, 0.3) is 34.4 Å². The fraction of sp³-hybridized carbons (Fsp3) is 0.292. The summed E-state index contributed by atoms with van der Waals surface area (Å²) in [5.74, 6) is 0.794. The summed E-state index contributed by atoms with van der Waals surface area (Å²) in [7, 11) is 0. The lowest BCUT2D eigenvalue weighted by Gasteiger charge is -2.26. The molecule has 0 aromatic heterocycles. The van der Waals surface area contributed by atoms with Crippen molar-refractivity contribution in [1.82, 2.24) is 0 Å². The van der Waals surface area contributed by atoms with Gasteiger partial charge >= 0.3 is 0 Å². The van der Waals surface area contributed by atoms with E-state index in [-0.39, 0.29) is 12.5 Å². The van der Waals surface area contributed by atoms with E-state index in [9.17, 15) is 0 Å². The van der Waals surface area contributed by atoms with Crippen molar-refractivity contribution in [2.75, 3.05) is 0 Å². The minimum Gasteiger partial charge on any atom is -0.0991 e. The van der Waals surface area contributed by atoms with Gasteiger partial charge in [0, 0.05) is 0 Å². The highest BCUT2D eigenvalue weighted by Gasteiger charge is 2.29. The molecule has 6 rings (SSSR count). The van der Waals surface area contributed by atoms with Crippen LogP contribution in [0, 0.1) is 6.92 Å². The molecule has 0 saturated carbocycles. The third-order valence-electron chi connectivity index (χ3n) is 11.6. The van der Waals surface area contributed by atoms with E-state index in [1.54, 1.807) is 0 Å². The molecule has 1 aliphatic rings. The maximum absolute atomic E-state index is 4.19. The Kier molecular flexibility index (Phi) is 27.1. The summed E-state index contributed by atoms with van der Waals surface area (Å²) in [6.07, 6.45) is 26.1. The molecule has 0 fully saturated rings. The van der Waals surface area contributed by atoms with Crippen LogP contribution in [0.5, 0.6) is 0 Å². The van der Waals surface area contributed by atoms with Gasteiger partial charge in [-0.1, -0.05) is 281 Å². The van der Waals surface area contributed by atoms with Crippen molar-refractivity contribution >= 4 is 35.5 Å². The van der Waals surface area contributed by atoms with Gasteiger partial charge in [-0.05, 0) is 119 Å². The fourth-order valence-electron chi connectivity index (χ4n) is 7.94. The first-order valence-electron chi connectivity index (χ1n) is 25.0. The number of aryl methyl sites for hydroxylation is 1. The molecule has 0 nitrogen and oxygen atoms in total. The number of hydrogen-bond donors (Lipinski definition) is 0. The van der Waals surface area contributed by atoms with Crippen LogP contribution in [-0.2, 0) is 0 Å². The van der Waals surface area contributed by atoms with Crippen molar-refractivity contribution in [3.8, 4) is 11.1 Å². The van der Waals surface area contributed by atoms with E-state index < -0.39 is 0 Å². The van der Waals surface area contributed by atoms with Crippen molar-refractivity contribution < 1.29 is 0 Å². The fourth-order valence-corrected chi connectivity index (χ4v) is 7.94. The Morgan fingerprint density at radius 3 is 1.77 bits per heavy atom. The Labute approximate surface area is 405 Å². The van der Waals surface area contributed by atoms with E-state index in [1.165, 1.54) is 84.2 Å². The van der Waals surface area contributed by atoms with Crippen molar-refractivity contribution in [2.45, 2.75) is 128 Å². The van der Waals surface area contributed by atoms with Crippen molar-refractivity contribution in [3.63, 3.8) is 0 Å². The summed E-state index contributed by atoms with van der Waals surface area (Å²) < 4.78 is 0. The summed E-state index contributed by atoms with van der Waals surface area (Å²) in [5.41, 5.74) is 17.8. The molecule has 5 aromatic rings. The zero-order valence-electron chi connectivity index (χ0n) is 43.5. The van der Waals surface area contributed by atoms with Gasteiger partial charge in [-0.2, -0.15) is 0 Å². The minimum atomic E-state index is 0.132. The Morgan fingerprint density at radius 2 is 1.18 bits per heavy atom. The zero-order chi connectivity index (χ0) is 48.9. The van der Waals surface area contributed by atoms with Gasteiger partial charge < -0.3 is 0 Å². The van der Waals surface area contributed by atoms with Crippen molar-refractivity contribution in [3.05, 3.63) is 233 Å². The van der Waals surface area contributed by atoms with Gasteiger partial charge in [-0.25, -0.2) is 0 Å². The van der Waals surface area contributed by atoms with E-state index in [2.05, 4.69) is 244 Å². The summed E-state index contributed by atoms with van der Waals surface area (Å²) >= 11 is 0. The topological polar surface area (TPSA) is 0 Å². The summed E-state index contributed by atoms with van der Waals surface area (Å²) in [6, 6.07) is 46.1. The van der Waals surface area contributed by atoms with Crippen LogP contribution < -0.4 is 5.46 Å². The smallest absolute Gasteiger partial charge is 0.0991 e. The average molecular weight is 875 g/mol. The molecule has 0 heterocycles. The SMILES string of the molecule is C=C/C=C(\C=C/c1ccccc1-c1ccccc1C)B(c1ccc(/C(C)=C/c2ccccc2C(C)CC)cc1)C1C=CC(/C(C)=C/C=C(\C)c2ccccc2)=CC1.CC.CC.CC.CCC. The normalized spacial score (nSPS) is 14.2. The Hall–Kier alpha value is -5.92. The van der Waals surface area contributed by atoms with Gasteiger partial charge in [-0.3, -0.25) is 0 Å². The van der Waals surface area contributed by atoms with E-state index in [1.807, 2.05) is 47.6 Å². The number of rotatable bonds is 14. The van der Waals surface area contributed by atoms with Crippen LogP contribution in [0.2, 0.25) is 5.82 Å². The Balaban J connectivity index is 0.00000156. The molecule has 0 saturated heterocycles. The zero-order valence-corrected chi connectivity index (χ0v) is 43.5. The highest BCUT2D eigenvalue weighted by Crippen LogP contribution is 2.33. The first kappa shape index (κ1) is 56.2. The molecule has 0 N–H and O–H groups in total. The highest BCUT2D eigenvalue weighted by molar-refractivity contribution is 6.82. The lowest BCUT2D eigenvalue weighted by molar-refractivity contribution is 0.732. The standard InChI is InChI=1S/C56H57B.C3H8.3C2H6/c1-8-19-51(39-34-49-23-14-18-27-56(49)55-26-16-13-20-44(55)6)57(52-35-30-47(31-36-52)43(5)29-28-42(4)46-21-11-10-12-22-46)53-37-32-48(33-38-53)45(7)40-50-24-15-17-25-54(50)41(3)9-2;1-3-2;3*1-2/h8,10-35,37-41,52H,1,9,36H2,2-7H3;3H2,1-2H3;3*1-2H3/b39-34-,42-28+,43-29+,45-40+,51-19+;;;;. The molecule has 1 aliphatic carbocycles. The predicted molar refractivity (Wildman–Crippen MR) is 304 cm³/mol. The third-order valence-corrected chi connectivity index (χ3v) is 11.6. The molecule has 0 aliphatic heterocycles. The summed E-state index contributed by atoms with van der Waals surface area (Å²) in [5, 5.41) is 0. The Morgan fingerprint density at radius 1 is 0.636 bits per heavy atom. The van der Waals surface area contributed by atoms with Crippen LogP contribution in [0.3, 0.4) is 0 Å². The highest BCUT2D eigenvalue weighted by atomic mass is 14.2. The lowest BCUT2D eigenvalue weighted by Crippen LogP contribution is -2.36. The van der Waals surface area contributed by atoms with Gasteiger partial charge in [0.05, 0.1) is 0 Å². The summed E-state index contributed by atoms with van der Waals surface area (Å²) in [6.45, 7) is 34.0. The predicted octanol–water partition coefficient (Wildman–Crippen LogP) is 19.6. The second-order valence-electron chi connectivity index (χ2n) is 16.2. The van der Waals surface area contributed by atoms with E-state index in [0.717, 1.165) is 12.8 Å². The van der Waals surface area contributed by atoms with Crippen molar-refractivity contribution in [2.24, 2.45) is 0 Å². The van der Waals surface area contributed by atoms with Crippen LogP contribution in [0.4, 0.5) is 0 Å².